The lowest BCUT2D eigenvalue weighted by Gasteiger charge is -2.23. The van der Waals surface area contributed by atoms with Gasteiger partial charge in [-0.25, -0.2) is 0 Å². The molecular formula is C25H18F3NO6. The third-order valence-electron chi connectivity index (χ3n) is 6.97. The van der Waals surface area contributed by atoms with Gasteiger partial charge in [0, 0.05) is 29.7 Å². The highest BCUT2D eigenvalue weighted by Gasteiger charge is 2.58. The van der Waals surface area contributed by atoms with Crippen LogP contribution in [-0.2, 0) is 29.4 Å². The van der Waals surface area contributed by atoms with E-state index in [9.17, 15) is 18.0 Å². The van der Waals surface area contributed by atoms with Gasteiger partial charge in [-0.1, -0.05) is 0 Å². The summed E-state index contributed by atoms with van der Waals surface area (Å²) in [4.78, 5) is 15.6. The number of hydrogen-bond acceptors (Lipinski definition) is 6. The smallest absolute Gasteiger partial charge is 0.449 e. The Morgan fingerprint density at radius 1 is 0.857 bits per heavy atom. The highest BCUT2D eigenvalue weighted by molar-refractivity contribution is 6.12. The molecule has 0 fully saturated rings. The molecule has 10 heteroatoms. The van der Waals surface area contributed by atoms with Gasteiger partial charge in [0.05, 0.1) is 18.8 Å². The van der Waals surface area contributed by atoms with E-state index in [1.54, 1.807) is 12.1 Å². The van der Waals surface area contributed by atoms with Crippen molar-refractivity contribution in [1.29, 1.82) is 0 Å². The van der Waals surface area contributed by atoms with Crippen molar-refractivity contribution in [3.05, 3.63) is 64.6 Å². The number of furan rings is 1. The Balaban J connectivity index is 1.38. The summed E-state index contributed by atoms with van der Waals surface area (Å²) >= 11 is 0. The first-order chi connectivity index (χ1) is 16.8. The van der Waals surface area contributed by atoms with Gasteiger partial charge in [0.25, 0.3) is 0 Å². The van der Waals surface area contributed by atoms with Gasteiger partial charge < -0.3 is 28.3 Å². The first-order valence-electron chi connectivity index (χ1n) is 11.2. The van der Waals surface area contributed by atoms with Gasteiger partial charge >= 0.3 is 6.18 Å². The molecule has 5 heterocycles. The van der Waals surface area contributed by atoms with E-state index in [1.165, 1.54) is 11.0 Å². The van der Waals surface area contributed by atoms with Crippen molar-refractivity contribution in [2.45, 2.75) is 24.6 Å². The molecule has 35 heavy (non-hydrogen) atoms. The minimum atomic E-state index is -4.61. The quantitative estimate of drug-likeness (QED) is 0.541. The second-order valence-electron chi connectivity index (χ2n) is 8.92. The molecule has 0 aliphatic carbocycles. The van der Waals surface area contributed by atoms with E-state index >= 15 is 0 Å². The third-order valence-corrected chi connectivity index (χ3v) is 6.97. The number of halogens is 3. The van der Waals surface area contributed by atoms with Gasteiger partial charge in [-0.05, 0) is 29.8 Å². The number of anilines is 1. The molecule has 1 aromatic heterocycles. The minimum absolute atomic E-state index is 0.0186. The number of benzene rings is 2. The number of alkyl halides is 3. The molecule has 4 aliphatic heterocycles. The van der Waals surface area contributed by atoms with Gasteiger partial charge in [0.15, 0.2) is 11.5 Å². The number of rotatable bonds is 2. The molecule has 1 unspecified atom stereocenters. The summed E-state index contributed by atoms with van der Waals surface area (Å²) in [6.45, 7) is 1.17. The Hall–Kier alpha value is -3.82. The van der Waals surface area contributed by atoms with Crippen molar-refractivity contribution >= 4 is 11.6 Å². The number of hydrogen-bond donors (Lipinski definition) is 0. The first-order valence-corrected chi connectivity index (χ1v) is 11.2. The van der Waals surface area contributed by atoms with Crippen LogP contribution in [0.4, 0.5) is 18.9 Å². The molecule has 2 aromatic carbocycles. The molecule has 0 saturated heterocycles. The fraction of sp³-hybridized carbons (Fsp3) is 0.320. The van der Waals surface area contributed by atoms with Gasteiger partial charge in [0.2, 0.25) is 11.7 Å². The maximum Gasteiger partial charge on any atom is 0.449 e. The van der Waals surface area contributed by atoms with E-state index in [0.717, 1.165) is 23.8 Å². The van der Waals surface area contributed by atoms with Crippen molar-refractivity contribution in [3.8, 4) is 23.0 Å². The molecule has 0 saturated carbocycles. The highest BCUT2D eigenvalue weighted by Crippen LogP contribution is 2.56. The van der Waals surface area contributed by atoms with Crippen LogP contribution < -0.4 is 23.8 Å². The van der Waals surface area contributed by atoms with Crippen molar-refractivity contribution < 1.29 is 41.3 Å². The van der Waals surface area contributed by atoms with E-state index < -0.39 is 17.4 Å². The average molecular weight is 485 g/mol. The lowest BCUT2D eigenvalue weighted by Crippen LogP contribution is -2.42. The summed E-state index contributed by atoms with van der Waals surface area (Å²) in [5, 5.41) is 0. The maximum absolute atomic E-state index is 14.1. The van der Waals surface area contributed by atoms with Crippen LogP contribution in [0.25, 0.3) is 0 Å². The van der Waals surface area contributed by atoms with Crippen LogP contribution in [0.2, 0.25) is 0 Å². The number of ether oxygens (including phenoxy) is 4. The molecule has 0 bridgehead atoms. The molecule has 4 aliphatic rings. The average Bonchev–Trinajstić information content (AvgIpc) is 3.61. The monoisotopic (exact) mass is 485 g/mol. The zero-order valence-electron chi connectivity index (χ0n) is 18.2. The maximum atomic E-state index is 14.1. The summed E-state index contributed by atoms with van der Waals surface area (Å²) in [7, 11) is 0. The van der Waals surface area contributed by atoms with E-state index in [-0.39, 0.29) is 24.8 Å². The lowest BCUT2D eigenvalue weighted by atomic mass is 9.76. The summed E-state index contributed by atoms with van der Waals surface area (Å²) in [5.74, 6) is 0.879. The van der Waals surface area contributed by atoms with Crippen LogP contribution in [0.1, 0.15) is 28.2 Å². The SMILES string of the molecule is O=C1N(Cc2ccc(C(F)(F)F)o2)c2cc3c(cc2C12COc1cc4c(cc12)CCO4)OCCO3. The number of fused-ring (bicyclic) bond motifs is 6. The Kier molecular flexibility index (Phi) is 4.03. The molecule has 0 radical (unpaired) electrons. The van der Waals surface area contributed by atoms with Crippen LogP contribution in [0.15, 0.2) is 40.8 Å². The van der Waals surface area contributed by atoms with E-state index in [4.69, 9.17) is 23.4 Å². The van der Waals surface area contributed by atoms with Crippen LogP contribution in [0, 0.1) is 0 Å². The molecule has 180 valence electrons. The van der Waals surface area contributed by atoms with Crippen molar-refractivity contribution in [2.75, 3.05) is 31.3 Å². The predicted octanol–water partition coefficient (Wildman–Crippen LogP) is 4.23. The fourth-order valence-electron chi connectivity index (χ4n) is 5.35. The number of carbonyl (C=O) groups excluding carboxylic acids is 1. The minimum Gasteiger partial charge on any atom is -0.493 e. The molecule has 7 nitrogen and oxygen atoms in total. The van der Waals surface area contributed by atoms with Crippen LogP contribution in [0.3, 0.4) is 0 Å². The highest BCUT2D eigenvalue weighted by atomic mass is 19.4. The number of carbonyl (C=O) groups is 1. The summed E-state index contributed by atoms with van der Waals surface area (Å²) in [5.41, 5.74) is 1.71. The molecule has 1 amide bonds. The molecule has 1 spiro atoms. The normalized spacial score (nSPS) is 21.6. The van der Waals surface area contributed by atoms with Crippen molar-refractivity contribution in [2.24, 2.45) is 0 Å². The first kappa shape index (κ1) is 20.5. The van der Waals surface area contributed by atoms with Crippen molar-refractivity contribution in [1.82, 2.24) is 0 Å². The predicted molar refractivity (Wildman–Crippen MR) is 114 cm³/mol. The van der Waals surface area contributed by atoms with E-state index in [0.29, 0.717) is 53.9 Å². The van der Waals surface area contributed by atoms with Crippen LogP contribution in [0.5, 0.6) is 23.0 Å². The van der Waals surface area contributed by atoms with Gasteiger partial charge in [0.1, 0.15) is 42.5 Å². The summed E-state index contributed by atoms with van der Waals surface area (Å²) in [6.07, 6.45) is -3.89. The van der Waals surface area contributed by atoms with E-state index in [2.05, 4.69) is 0 Å². The third kappa shape index (κ3) is 2.82. The number of nitrogens with zero attached hydrogens (tertiary/aromatic N) is 1. The Labute approximate surface area is 196 Å². The molecule has 3 aromatic rings. The van der Waals surface area contributed by atoms with Crippen LogP contribution in [-0.4, -0.2) is 32.3 Å². The fourth-order valence-corrected chi connectivity index (χ4v) is 5.35. The standard InChI is InChI=1S/C25H18F3NO6/c26-25(27,28)22-2-1-14(35-22)11-29-17-9-21-20(32-5-6-33-21)8-15(17)24(23(29)30)12-34-19-10-18-13(3-4-31-18)7-16(19)24/h1-2,7-10H,3-6,11-12H2. The van der Waals surface area contributed by atoms with Crippen LogP contribution >= 0.6 is 0 Å². The molecular weight excluding hydrogens is 467 g/mol. The van der Waals surface area contributed by atoms with E-state index in [1.807, 2.05) is 12.1 Å². The zero-order chi connectivity index (χ0) is 23.9. The molecule has 0 N–H and O–H groups in total. The Morgan fingerprint density at radius 2 is 1.63 bits per heavy atom. The Morgan fingerprint density at radius 3 is 2.40 bits per heavy atom. The molecule has 7 rings (SSSR count). The summed E-state index contributed by atoms with van der Waals surface area (Å²) in [6, 6.07) is 9.35. The lowest BCUT2D eigenvalue weighted by molar-refractivity contribution is -0.153. The van der Waals surface area contributed by atoms with Crippen molar-refractivity contribution in [3.63, 3.8) is 0 Å². The second kappa shape index (κ2) is 6.87. The van der Waals surface area contributed by atoms with Gasteiger partial charge in [-0.2, -0.15) is 13.2 Å². The largest absolute Gasteiger partial charge is 0.493 e. The zero-order valence-corrected chi connectivity index (χ0v) is 18.2. The molecule has 1 atom stereocenters. The van der Waals surface area contributed by atoms with Gasteiger partial charge in [-0.3, -0.25) is 4.79 Å². The Bertz CT molecular complexity index is 1400. The van der Waals surface area contributed by atoms with Gasteiger partial charge in [-0.15, -0.1) is 0 Å². The topological polar surface area (TPSA) is 70.4 Å². The second-order valence-corrected chi connectivity index (χ2v) is 8.92. The summed E-state index contributed by atoms with van der Waals surface area (Å²) < 4.78 is 67.5. The number of amides is 1.